The van der Waals surface area contributed by atoms with Crippen molar-refractivity contribution < 1.29 is 9.53 Å². The van der Waals surface area contributed by atoms with Gasteiger partial charge in [-0.3, -0.25) is 4.99 Å². The van der Waals surface area contributed by atoms with Gasteiger partial charge in [0, 0.05) is 33.2 Å². The van der Waals surface area contributed by atoms with E-state index in [1.807, 2.05) is 27.7 Å². The molecule has 0 unspecified atom stereocenters. The van der Waals surface area contributed by atoms with Crippen LogP contribution in [0.15, 0.2) is 4.99 Å². The fourth-order valence-corrected chi connectivity index (χ4v) is 1.54. The molecule has 6 heteroatoms. The first-order valence-electron chi connectivity index (χ1n) is 7.62. The molecule has 0 aliphatic rings. The number of hydrogen-bond donors (Lipinski definition) is 2. The van der Waals surface area contributed by atoms with Gasteiger partial charge in [0.2, 0.25) is 0 Å². The van der Waals surface area contributed by atoms with Gasteiger partial charge < -0.3 is 20.3 Å². The number of ether oxygens (including phenoxy) is 1. The first kappa shape index (κ1) is 19.5. The summed E-state index contributed by atoms with van der Waals surface area (Å²) in [5.74, 6) is 1.31. The van der Waals surface area contributed by atoms with E-state index < -0.39 is 5.60 Å². The zero-order chi connectivity index (χ0) is 16.5. The van der Waals surface area contributed by atoms with E-state index in [4.69, 9.17) is 4.74 Å². The zero-order valence-corrected chi connectivity index (χ0v) is 14.6. The van der Waals surface area contributed by atoms with E-state index in [1.165, 1.54) is 0 Å². The molecule has 0 fully saturated rings. The molecule has 0 bridgehead atoms. The monoisotopic (exact) mass is 300 g/mol. The first-order chi connectivity index (χ1) is 9.69. The number of guanidine groups is 1. The zero-order valence-electron chi connectivity index (χ0n) is 14.6. The van der Waals surface area contributed by atoms with Crippen LogP contribution in [-0.4, -0.2) is 55.8 Å². The lowest BCUT2D eigenvalue weighted by Gasteiger charge is -2.26. The second kappa shape index (κ2) is 9.47. The molecular weight excluding hydrogens is 268 g/mol. The summed E-state index contributed by atoms with van der Waals surface area (Å²) in [5.41, 5.74) is -0.465. The molecular formula is C15H32N4O2. The number of hydrogen-bond acceptors (Lipinski definition) is 3. The largest absolute Gasteiger partial charge is 0.444 e. The predicted octanol–water partition coefficient (Wildman–Crippen LogP) is 2.06. The summed E-state index contributed by atoms with van der Waals surface area (Å²) >= 11 is 0. The molecule has 0 rings (SSSR count). The Morgan fingerprint density at radius 1 is 1.29 bits per heavy atom. The Morgan fingerprint density at radius 3 is 2.33 bits per heavy atom. The Bertz CT molecular complexity index is 335. The SMILES string of the molecule is CCN(CCNC(=NC)NCC(C)C)C(=O)OC(C)(C)C. The highest BCUT2D eigenvalue weighted by molar-refractivity contribution is 5.79. The molecule has 0 aromatic rings. The van der Waals surface area contributed by atoms with Crippen molar-refractivity contribution in [2.24, 2.45) is 10.9 Å². The summed E-state index contributed by atoms with van der Waals surface area (Å²) in [5, 5.41) is 6.43. The van der Waals surface area contributed by atoms with Crippen molar-refractivity contribution in [2.45, 2.75) is 47.1 Å². The number of nitrogens with zero attached hydrogens (tertiary/aromatic N) is 2. The van der Waals surface area contributed by atoms with Crippen LogP contribution >= 0.6 is 0 Å². The number of carbonyl (C=O) groups excluding carboxylic acids is 1. The molecule has 0 heterocycles. The van der Waals surface area contributed by atoms with Gasteiger partial charge in [-0.05, 0) is 33.6 Å². The molecule has 0 aliphatic heterocycles. The average molecular weight is 300 g/mol. The molecule has 1 amide bonds. The third kappa shape index (κ3) is 9.98. The minimum Gasteiger partial charge on any atom is -0.444 e. The highest BCUT2D eigenvalue weighted by Crippen LogP contribution is 2.09. The summed E-state index contributed by atoms with van der Waals surface area (Å²) in [6.07, 6.45) is -0.281. The second-order valence-corrected chi connectivity index (χ2v) is 6.33. The van der Waals surface area contributed by atoms with Gasteiger partial charge in [-0.15, -0.1) is 0 Å². The van der Waals surface area contributed by atoms with Crippen LogP contribution in [0.25, 0.3) is 0 Å². The summed E-state index contributed by atoms with van der Waals surface area (Å²) in [4.78, 5) is 17.8. The third-order valence-electron chi connectivity index (χ3n) is 2.61. The van der Waals surface area contributed by atoms with E-state index in [9.17, 15) is 4.79 Å². The fourth-order valence-electron chi connectivity index (χ4n) is 1.54. The fraction of sp³-hybridized carbons (Fsp3) is 0.867. The second-order valence-electron chi connectivity index (χ2n) is 6.33. The molecule has 0 atom stereocenters. The number of carbonyl (C=O) groups is 1. The average Bonchev–Trinajstić information content (AvgIpc) is 2.35. The molecule has 0 radical (unpaired) electrons. The van der Waals surface area contributed by atoms with Crippen LogP contribution in [0.2, 0.25) is 0 Å². The van der Waals surface area contributed by atoms with Crippen molar-refractivity contribution in [1.29, 1.82) is 0 Å². The van der Waals surface area contributed by atoms with Crippen LogP contribution in [0.1, 0.15) is 41.5 Å². The minimum atomic E-state index is -0.465. The summed E-state index contributed by atoms with van der Waals surface area (Å²) in [7, 11) is 1.74. The molecule has 2 N–H and O–H groups in total. The van der Waals surface area contributed by atoms with Crippen molar-refractivity contribution in [3.8, 4) is 0 Å². The van der Waals surface area contributed by atoms with Gasteiger partial charge in [0.25, 0.3) is 0 Å². The molecule has 6 nitrogen and oxygen atoms in total. The highest BCUT2D eigenvalue weighted by atomic mass is 16.6. The molecule has 0 aliphatic carbocycles. The van der Waals surface area contributed by atoms with Gasteiger partial charge in [-0.25, -0.2) is 4.79 Å². The van der Waals surface area contributed by atoms with Gasteiger partial charge in [0.15, 0.2) is 5.96 Å². The summed E-state index contributed by atoms with van der Waals surface area (Å²) in [6.45, 7) is 14.5. The molecule has 0 saturated heterocycles. The molecule has 0 saturated carbocycles. The van der Waals surface area contributed by atoms with Crippen molar-refractivity contribution in [1.82, 2.24) is 15.5 Å². The van der Waals surface area contributed by atoms with E-state index in [0.29, 0.717) is 25.6 Å². The summed E-state index contributed by atoms with van der Waals surface area (Å²) in [6, 6.07) is 0. The number of rotatable bonds is 6. The van der Waals surface area contributed by atoms with E-state index >= 15 is 0 Å². The number of nitrogens with one attached hydrogen (secondary N) is 2. The normalized spacial score (nSPS) is 12.3. The lowest BCUT2D eigenvalue weighted by atomic mass is 10.2. The van der Waals surface area contributed by atoms with Gasteiger partial charge >= 0.3 is 6.09 Å². The first-order valence-corrected chi connectivity index (χ1v) is 7.62. The van der Waals surface area contributed by atoms with Crippen molar-refractivity contribution in [2.75, 3.05) is 33.2 Å². The van der Waals surface area contributed by atoms with E-state index in [2.05, 4.69) is 29.5 Å². The van der Waals surface area contributed by atoms with Gasteiger partial charge in [-0.1, -0.05) is 13.8 Å². The molecule has 124 valence electrons. The Kier molecular flexibility index (Phi) is 8.81. The topological polar surface area (TPSA) is 66.0 Å². The Hall–Kier alpha value is -1.46. The third-order valence-corrected chi connectivity index (χ3v) is 2.61. The smallest absolute Gasteiger partial charge is 0.410 e. The maximum atomic E-state index is 12.0. The summed E-state index contributed by atoms with van der Waals surface area (Å²) < 4.78 is 5.37. The predicted molar refractivity (Wildman–Crippen MR) is 87.7 cm³/mol. The number of amides is 1. The van der Waals surface area contributed by atoms with E-state index in [0.717, 1.165) is 12.5 Å². The molecule has 0 spiro atoms. The van der Waals surface area contributed by atoms with Crippen LogP contribution in [0.3, 0.4) is 0 Å². The standard InChI is InChI=1S/C15H32N4O2/c1-8-19(14(20)21-15(4,5)6)10-9-17-13(16-7)18-11-12(2)3/h12H,8-11H2,1-7H3,(H2,16,17,18). The van der Waals surface area contributed by atoms with Crippen LogP contribution in [0.4, 0.5) is 4.79 Å². The van der Waals surface area contributed by atoms with Crippen molar-refractivity contribution in [3.05, 3.63) is 0 Å². The maximum absolute atomic E-state index is 12.0. The van der Waals surface area contributed by atoms with Crippen molar-refractivity contribution in [3.63, 3.8) is 0 Å². The molecule has 0 aromatic heterocycles. The van der Waals surface area contributed by atoms with E-state index in [-0.39, 0.29) is 6.09 Å². The lowest BCUT2D eigenvalue weighted by Crippen LogP contribution is -2.44. The van der Waals surface area contributed by atoms with Gasteiger partial charge in [0.1, 0.15) is 5.60 Å². The quantitative estimate of drug-likeness (QED) is 0.582. The van der Waals surface area contributed by atoms with Crippen molar-refractivity contribution >= 4 is 12.1 Å². The van der Waals surface area contributed by atoms with E-state index in [1.54, 1.807) is 11.9 Å². The molecule has 21 heavy (non-hydrogen) atoms. The van der Waals surface area contributed by atoms with Crippen LogP contribution in [0, 0.1) is 5.92 Å². The Labute approximate surface area is 129 Å². The Morgan fingerprint density at radius 2 is 1.90 bits per heavy atom. The molecule has 0 aromatic carbocycles. The maximum Gasteiger partial charge on any atom is 0.410 e. The highest BCUT2D eigenvalue weighted by Gasteiger charge is 2.20. The van der Waals surface area contributed by atoms with Gasteiger partial charge in [-0.2, -0.15) is 0 Å². The number of likely N-dealkylation sites (N-methyl/N-ethyl adjacent to an activating group) is 1. The Balaban J connectivity index is 4.19. The van der Waals surface area contributed by atoms with Crippen LogP contribution in [-0.2, 0) is 4.74 Å². The number of aliphatic imine (C=N–C) groups is 1. The lowest BCUT2D eigenvalue weighted by molar-refractivity contribution is 0.0264. The van der Waals surface area contributed by atoms with Crippen LogP contribution < -0.4 is 10.6 Å². The van der Waals surface area contributed by atoms with Crippen LogP contribution in [0.5, 0.6) is 0 Å². The minimum absolute atomic E-state index is 0.281. The van der Waals surface area contributed by atoms with Gasteiger partial charge in [0.05, 0.1) is 0 Å².